The second kappa shape index (κ2) is 5.61. The fraction of sp³-hybridized carbons (Fsp3) is 0.900. The molecule has 0 unspecified atom stereocenters. The van der Waals surface area contributed by atoms with Gasteiger partial charge in [-0.3, -0.25) is 4.79 Å². The molecule has 1 aliphatic carbocycles. The number of hydrogen-bond acceptors (Lipinski definition) is 3. The van der Waals surface area contributed by atoms with Crippen molar-refractivity contribution in [2.45, 2.75) is 36.9 Å². The van der Waals surface area contributed by atoms with Crippen LogP contribution in [-0.4, -0.2) is 35.2 Å². The fourth-order valence-electron chi connectivity index (χ4n) is 2.05. The zero-order valence-electron chi connectivity index (χ0n) is 8.71. The second-order valence-electron chi connectivity index (χ2n) is 3.95. The van der Waals surface area contributed by atoms with Gasteiger partial charge in [0.1, 0.15) is 0 Å². The molecule has 1 rings (SSSR count). The Bertz CT molecular complexity index is 191. The molecule has 0 saturated heterocycles. The lowest BCUT2D eigenvalue weighted by atomic mass is 9.88. The Morgan fingerprint density at radius 2 is 2.07 bits per heavy atom. The smallest absolute Gasteiger partial charge is 0.317 e. The van der Waals surface area contributed by atoms with Gasteiger partial charge in [0.25, 0.3) is 0 Å². The Labute approximate surface area is 89.6 Å². The molecule has 0 aromatic rings. The van der Waals surface area contributed by atoms with Crippen molar-refractivity contribution in [3.8, 4) is 0 Å². The molecule has 0 spiro atoms. The highest BCUT2D eigenvalue weighted by atomic mass is 32.2. The zero-order valence-corrected chi connectivity index (χ0v) is 9.53. The third-order valence-corrected chi connectivity index (χ3v) is 4.34. The molecule has 0 radical (unpaired) electrons. The van der Waals surface area contributed by atoms with Gasteiger partial charge in [-0.1, -0.05) is 19.3 Å². The van der Waals surface area contributed by atoms with Crippen LogP contribution in [0.2, 0.25) is 0 Å². The van der Waals surface area contributed by atoms with E-state index in [2.05, 4.69) is 11.6 Å². The molecule has 14 heavy (non-hydrogen) atoms. The highest BCUT2D eigenvalue weighted by molar-refractivity contribution is 8.00. The molecular weight excluding hydrogens is 198 g/mol. The molecule has 0 amide bonds. The number of carboxylic acids is 1. The van der Waals surface area contributed by atoms with Crippen LogP contribution in [0.4, 0.5) is 0 Å². The maximum atomic E-state index is 10.4. The molecule has 0 aromatic heterocycles. The zero-order chi connectivity index (χ0) is 10.4. The summed E-state index contributed by atoms with van der Waals surface area (Å²) in [6.07, 6.45) is 8.49. The Hall–Kier alpha value is -0.220. The molecule has 2 N–H and O–H groups in total. The molecule has 1 saturated carbocycles. The molecule has 0 aliphatic heterocycles. The van der Waals surface area contributed by atoms with Gasteiger partial charge >= 0.3 is 5.97 Å². The first-order valence-electron chi connectivity index (χ1n) is 5.16. The van der Waals surface area contributed by atoms with Crippen molar-refractivity contribution in [1.82, 2.24) is 5.32 Å². The van der Waals surface area contributed by atoms with Crippen LogP contribution in [0.15, 0.2) is 0 Å². The normalized spacial score (nSPS) is 20.6. The van der Waals surface area contributed by atoms with Crippen LogP contribution in [0.3, 0.4) is 0 Å². The van der Waals surface area contributed by atoms with Crippen LogP contribution in [-0.2, 0) is 4.79 Å². The molecule has 3 nitrogen and oxygen atoms in total. The van der Waals surface area contributed by atoms with Crippen molar-refractivity contribution in [2.75, 3.05) is 19.3 Å². The summed E-state index contributed by atoms with van der Waals surface area (Å²) in [4.78, 5) is 10.4. The number of carbonyl (C=O) groups is 1. The van der Waals surface area contributed by atoms with Gasteiger partial charge in [-0.05, 0) is 19.1 Å². The topological polar surface area (TPSA) is 49.3 Å². The fourth-order valence-corrected chi connectivity index (χ4v) is 2.99. The van der Waals surface area contributed by atoms with E-state index >= 15 is 0 Å². The van der Waals surface area contributed by atoms with Gasteiger partial charge in [-0.25, -0.2) is 0 Å². The Balaban J connectivity index is 2.32. The van der Waals surface area contributed by atoms with Gasteiger partial charge in [0.05, 0.1) is 6.54 Å². The molecule has 4 heteroatoms. The van der Waals surface area contributed by atoms with Crippen molar-refractivity contribution in [3.63, 3.8) is 0 Å². The second-order valence-corrected chi connectivity index (χ2v) is 5.22. The average molecular weight is 217 g/mol. The summed E-state index contributed by atoms with van der Waals surface area (Å²) in [6, 6.07) is 0. The first-order chi connectivity index (χ1) is 6.68. The number of rotatable bonds is 5. The quantitative estimate of drug-likeness (QED) is 0.736. The van der Waals surface area contributed by atoms with Crippen molar-refractivity contribution in [2.24, 2.45) is 0 Å². The predicted octanol–water partition coefficient (Wildman–Crippen LogP) is 1.73. The summed E-state index contributed by atoms with van der Waals surface area (Å²) in [5, 5.41) is 11.6. The van der Waals surface area contributed by atoms with E-state index in [9.17, 15) is 4.79 Å². The Kier molecular flexibility index (Phi) is 4.75. The van der Waals surface area contributed by atoms with Crippen molar-refractivity contribution in [1.29, 1.82) is 0 Å². The predicted molar refractivity (Wildman–Crippen MR) is 59.8 cm³/mol. The van der Waals surface area contributed by atoms with Gasteiger partial charge < -0.3 is 10.4 Å². The van der Waals surface area contributed by atoms with Crippen molar-refractivity contribution < 1.29 is 9.90 Å². The molecule has 0 bridgehead atoms. The molecule has 0 aromatic carbocycles. The van der Waals surface area contributed by atoms with E-state index in [1.54, 1.807) is 0 Å². The minimum Gasteiger partial charge on any atom is -0.480 e. The third-order valence-electron chi connectivity index (χ3n) is 2.92. The highest BCUT2D eigenvalue weighted by Gasteiger charge is 2.30. The number of nitrogens with one attached hydrogen (secondary N) is 1. The summed E-state index contributed by atoms with van der Waals surface area (Å²) in [7, 11) is 0. The Morgan fingerprint density at radius 3 is 2.57 bits per heavy atom. The van der Waals surface area contributed by atoms with Gasteiger partial charge in [0.2, 0.25) is 0 Å². The Morgan fingerprint density at radius 1 is 1.43 bits per heavy atom. The summed E-state index contributed by atoms with van der Waals surface area (Å²) in [5.74, 6) is -0.767. The van der Waals surface area contributed by atoms with Gasteiger partial charge in [0.15, 0.2) is 0 Å². The summed E-state index contributed by atoms with van der Waals surface area (Å²) in [5.41, 5.74) is 0. The monoisotopic (exact) mass is 217 g/mol. The van der Waals surface area contributed by atoms with E-state index in [1.165, 1.54) is 32.1 Å². The molecule has 82 valence electrons. The van der Waals surface area contributed by atoms with E-state index in [4.69, 9.17) is 5.11 Å². The molecular formula is C10H19NO2S. The minimum atomic E-state index is -0.767. The maximum absolute atomic E-state index is 10.4. The van der Waals surface area contributed by atoms with E-state index in [1.807, 2.05) is 11.8 Å². The summed E-state index contributed by atoms with van der Waals surface area (Å²) < 4.78 is 0.299. The highest BCUT2D eigenvalue weighted by Crippen LogP contribution is 2.37. The lowest BCUT2D eigenvalue weighted by molar-refractivity contribution is -0.135. The van der Waals surface area contributed by atoms with Crippen molar-refractivity contribution >= 4 is 17.7 Å². The molecule has 0 heterocycles. The van der Waals surface area contributed by atoms with Crippen molar-refractivity contribution in [3.05, 3.63) is 0 Å². The molecule has 1 aliphatic rings. The van der Waals surface area contributed by atoms with E-state index in [-0.39, 0.29) is 6.54 Å². The number of thioether (sulfide) groups is 1. The van der Waals surface area contributed by atoms with Crippen LogP contribution in [0.25, 0.3) is 0 Å². The van der Waals surface area contributed by atoms with Crippen LogP contribution >= 0.6 is 11.8 Å². The minimum absolute atomic E-state index is 0.0856. The number of carboxylic acid groups (broad SMARTS) is 1. The van der Waals surface area contributed by atoms with E-state index in [0.717, 1.165) is 6.54 Å². The maximum Gasteiger partial charge on any atom is 0.317 e. The molecule has 1 fully saturated rings. The lowest BCUT2D eigenvalue weighted by Crippen LogP contribution is -2.41. The first-order valence-corrected chi connectivity index (χ1v) is 6.39. The van der Waals surface area contributed by atoms with E-state index in [0.29, 0.717) is 4.75 Å². The number of hydrogen-bond donors (Lipinski definition) is 2. The summed E-state index contributed by atoms with van der Waals surface area (Å²) >= 11 is 1.89. The number of aliphatic carboxylic acids is 1. The molecule has 0 atom stereocenters. The van der Waals surface area contributed by atoms with Gasteiger partial charge in [-0.2, -0.15) is 11.8 Å². The SMILES string of the molecule is CSC1(CNCC(=O)O)CCCCC1. The van der Waals surface area contributed by atoms with E-state index < -0.39 is 5.97 Å². The van der Waals surface area contributed by atoms with Gasteiger partial charge in [0, 0.05) is 11.3 Å². The standard InChI is InChI=1S/C10H19NO2S/c1-14-10(5-3-2-4-6-10)8-11-7-9(12)13/h11H,2-8H2,1H3,(H,12,13). The first kappa shape index (κ1) is 11.9. The van der Waals surface area contributed by atoms with Crippen LogP contribution in [0.5, 0.6) is 0 Å². The van der Waals surface area contributed by atoms with Gasteiger partial charge in [-0.15, -0.1) is 0 Å². The van der Waals surface area contributed by atoms with Crippen LogP contribution < -0.4 is 5.32 Å². The lowest BCUT2D eigenvalue weighted by Gasteiger charge is -2.35. The summed E-state index contributed by atoms with van der Waals surface area (Å²) in [6.45, 7) is 0.919. The van der Waals surface area contributed by atoms with Crippen LogP contribution in [0.1, 0.15) is 32.1 Å². The third kappa shape index (κ3) is 3.50. The van der Waals surface area contributed by atoms with Crippen LogP contribution in [0, 0.1) is 0 Å². The average Bonchev–Trinajstić information content (AvgIpc) is 2.19. The largest absolute Gasteiger partial charge is 0.480 e.